The normalized spacial score (nSPS) is 14.1. The Labute approximate surface area is 200 Å². The number of aromatic nitrogens is 1. The van der Waals surface area contributed by atoms with Crippen LogP contribution in [0, 0.1) is 0 Å². The molecule has 1 aliphatic rings. The number of carbonyl (C=O) groups is 2. The molecule has 1 aliphatic heterocycles. The summed E-state index contributed by atoms with van der Waals surface area (Å²) >= 11 is 0. The first-order valence-corrected chi connectivity index (χ1v) is 12.0. The highest BCUT2D eigenvalue weighted by molar-refractivity contribution is 5.99. The van der Waals surface area contributed by atoms with Crippen molar-refractivity contribution in [1.29, 1.82) is 0 Å². The average molecular weight is 458 g/mol. The Balaban J connectivity index is 1.55. The Hall–Kier alpha value is -3.67. The number of amides is 2. The van der Waals surface area contributed by atoms with Crippen molar-refractivity contribution < 1.29 is 9.59 Å². The summed E-state index contributed by atoms with van der Waals surface area (Å²) in [6.45, 7) is 3.96. The molecule has 1 aromatic heterocycles. The van der Waals surface area contributed by atoms with Gasteiger partial charge in [-0.1, -0.05) is 60.7 Å². The largest absolute Gasteiger partial charge is 0.352 e. The quantitative estimate of drug-likeness (QED) is 0.586. The monoisotopic (exact) mass is 457 g/mol. The summed E-state index contributed by atoms with van der Waals surface area (Å²) in [5, 5.41) is 2.70. The Morgan fingerprint density at radius 3 is 2.18 bits per heavy atom. The van der Waals surface area contributed by atoms with Crippen molar-refractivity contribution in [2.75, 3.05) is 19.6 Å². The molecule has 0 saturated carbocycles. The van der Waals surface area contributed by atoms with Gasteiger partial charge in [-0.25, -0.2) is 0 Å². The molecule has 0 aliphatic carbocycles. The molecule has 176 valence electrons. The van der Waals surface area contributed by atoms with Crippen molar-refractivity contribution in [3.63, 3.8) is 0 Å². The average Bonchev–Trinajstić information content (AvgIpc) is 2.89. The standard InChI is InChI=1S/C28H31N3O3/c1-2-29-27(33)24-19-30(16-13-21-9-5-3-6-10-21)20-25(26(24)32)28(34)31-17-14-23(15-18-31)22-11-7-4-8-12-22/h3-12,19-20,23H,2,13-18H2,1H3,(H,29,33). The highest BCUT2D eigenvalue weighted by Crippen LogP contribution is 2.28. The molecule has 0 unspecified atom stereocenters. The van der Waals surface area contributed by atoms with E-state index in [4.69, 9.17) is 0 Å². The second-order valence-electron chi connectivity index (χ2n) is 8.72. The van der Waals surface area contributed by atoms with E-state index in [0.29, 0.717) is 32.1 Å². The first kappa shape index (κ1) is 23.5. The summed E-state index contributed by atoms with van der Waals surface area (Å²) in [5.41, 5.74) is 2.01. The van der Waals surface area contributed by atoms with Crippen LogP contribution < -0.4 is 10.7 Å². The number of nitrogens with one attached hydrogen (secondary N) is 1. The Morgan fingerprint density at radius 2 is 1.53 bits per heavy atom. The molecule has 34 heavy (non-hydrogen) atoms. The molecule has 0 radical (unpaired) electrons. The molecule has 6 nitrogen and oxygen atoms in total. The molecular weight excluding hydrogens is 426 g/mol. The minimum atomic E-state index is -0.503. The van der Waals surface area contributed by atoms with E-state index in [1.165, 1.54) is 5.56 Å². The van der Waals surface area contributed by atoms with E-state index in [1.54, 1.807) is 28.8 Å². The van der Waals surface area contributed by atoms with Crippen molar-refractivity contribution in [2.45, 2.75) is 38.6 Å². The number of pyridine rings is 1. The number of aryl methyl sites for hydroxylation is 2. The topological polar surface area (TPSA) is 71.4 Å². The van der Waals surface area contributed by atoms with E-state index in [0.717, 1.165) is 24.8 Å². The molecule has 2 heterocycles. The molecule has 3 aromatic rings. The number of piperidine rings is 1. The minimum absolute atomic E-state index is 0.0138. The van der Waals surface area contributed by atoms with Gasteiger partial charge in [0.1, 0.15) is 11.1 Å². The molecule has 6 heteroatoms. The van der Waals surface area contributed by atoms with Crippen LogP contribution >= 0.6 is 0 Å². The van der Waals surface area contributed by atoms with Crippen LogP contribution in [-0.4, -0.2) is 40.9 Å². The Bertz CT molecular complexity index is 1180. The van der Waals surface area contributed by atoms with Gasteiger partial charge in [0.2, 0.25) is 5.43 Å². The van der Waals surface area contributed by atoms with Crippen molar-refractivity contribution in [3.8, 4) is 0 Å². The van der Waals surface area contributed by atoms with Gasteiger partial charge in [0.15, 0.2) is 0 Å². The fourth-order valence-electron chi connectivity index (χ4n) is 4.54. The first-order chi connectivity index (χ1) is 16.6. The lowest BCUT2D eigenvalue weighted by Gasteiger charge is -2.32. The van der Waals surface area contributed by atoms with E-state index < -0.39 is 11.3 Å². The van der Waals surface area contributed by atoms with E-state index in [2.05, 4.69) is 17.4 Å². The van der Waals surface area contributed by atoms with Gasteiger partial charge in [-0.3, -0.25) is 14.4 Å². The number of carbonyl (C=O) groups excluding carboxylic acids is 2. The zero-order chi connectivity index (χ0) is 23.9. The van der Waals surface area contributed by atoms with Crippen LogP contribution in [0.3, 0.4) is 0 Å². The van der Waals surface area contributed by atoms with E-state index in [-0.39, 0.29) is 17.0 Å². The number of nitrogens with zero attached hydrogens (tertiary/aromatic N) is 2. The molecule has 2 aromatic carbocycles. The number of hydrogen-bond donors (Lipinski definition) is 1. The number of hydrogen-bond acceptors (Lipinski definition) is 3. The third-order valence-electron chi connectivity index (χ3n) is 6.45. The molecule has 2 amide bonds. The maximum atomic E-state index is 13.4. The van der Waals surface area contributed by atoms with Crippen LogP contribution in [0.2, 0.25) is 0 Å². The molecule has 0 bridgehead atoms. The molecule has 1 N–H and O–H groups in total. The number of rotatable bonds is 7. The molecular formula is C28H31N3O3. The van der Waals surface area contributed by atoms with Gasteiger partial charge in [0.25, 0.3) is 11.8 Å². The maximum absolute atomic E-state index is 13.4. The molecule has 1 fully saturated rings. The molecule has 0 atom stereocenters. The summed E-state index contributed by atoms with van der Waals surface area (Å²) in [7, 11) is 0. The van der Waals surface area contributed by atoms with E-state index >= 15 is 0 Å². The van der Waals surface area contributed by atoms with Crippen LogP contribution in [0.4, 0.5) is 0 Å². The van der Waals surface area contributed by atoms with Crippen molar-refractivity contribution in [2.24, 2.45) is 0 Å². The lowest BCUT2D eigenvalue weighted by atomic mass is 9.89. The first-order valence-electron chi connectivity index (χ1n) is 12.0. The molecule has 4 rings (SSSR count). The van der Waals surface area contributed by atoms with Crippen LogP contribution in [0.1, 0.15) is 57.5 Å². The number of benzene rings is 2. The number of likely N-dealkylation sites (tertiary alicyclic amines) is 1. The third kappa shape index (κ3) is 5.45. The minimum Gasteiger partial charge on any atom is -0.352 e. The zero-order valence-electron chi connectivity index (χ0n) is 19.6. The summed E-state index contributed by atoms with van der Waals surface area (Å²) in [5.74, 6) is -0.330. The molecule has 1 saturated heterocycles. The third-order valence-corrected chi connectivity index (χ3v) is 6.45. The van der Waals surface area contributed by atoms with E-state index in [1.807, 2.05) is 48.5 Å². The molecule has 0 spiro atoms. The van der Waals surface area contributed by atoms with Crippen molar-refractivity contribution >= 4 is 11.8 Å². The van der Waals surface area contributed by atoms with Gasteiger partial charge in [-0.05, 0) is 43.2 Å². The zero-order valence-corrected chi connectivity index (χ0v) is 19.6. The van der Waals surface area contributed by atoms with E-state index in [9.17, 15) is 14.4 Å². The maximum Gasteiger partial charge on any atom is 0.259 e. The van der Waals surface area contributed by atoms with Crippen molar-refractivity contribution in [3.05, 3.63) is 106 Å². The van der Waals surface area contributed by atoms with Crippen LogP contribution in [0.5, 0.6) is 0 Å². The van der Waals surface area contributed by atoms with Gasteiger partial charge in [-0.15, -0.1) is 0 Å². The second-order valence-corrected chi connectivity index (χ2v) is 8.72. The summed E-state index contributed by atoms with van der Waals surface area (Å²) in [6.07, 6.45) is 5.62. The van der Waals surface area contributed by atoms with Crippen LogP contribution in [0.15, 0.2) is 77.9 Å². The Morgan fingerprint density at radius 1 is 0.912 bits per heavy atom. The highest BCUT2D eigenvalue weighted by atomic mass is 16.2. The second kappa shape index (κ2) is 11.0. The lowest BCUT2D eigenvalue weighted by Crippen LogP contribution is -2.41. The van der Waals surface area contributed by atoms with Gasteiger partial charge in [0, 0.05) is 38.6 Å². The van der Waals surface area contributed by atoms with Crippen molar-refractivity contribution in [1.82, 2.24) is 14.8 Å². The Kier molecular flexibility index (Phi) is 7.58. The predicted octanol–water partition coefficient (Wildman–Crippen LogP) is 3.86. The smallest absolute Gasteiger partial charge is 0.259 e. The SMILES string of the molecule is CCNC(=O)c1cn(CCc2ccccc2)cc(C(=O)N2CCC(c3ccccc3)CC2)c1=O. The summed E-state index contributed by atoms with van der Waals surface area (Å²) in [4.78, 5) is 40.9. The summed E-state index contributed by atoms with van der Waals surface area (Å²) < 4.78 is 1.79. The van der Waals surface area contributed by atoms with Gasteiger partial charge >= 0.3 is 0 Å². The fraction of sp³-hybridized carbons (Fsp3) is 0.321. The van der Waals surface area contributed by atoms with Gasteiger partial charge in [0.05, 0.1) is 0 Å². The lowest BCUT2D eigenvalue weighted by molar-refractivity contribution is 0.0710. The van der Waals surface area contributed by atoms with Gasteiger partial charge in [-0.2, -0.15) is 0 Å². The van der Waals surface area contributed by atoms with Crippen LogP contribution in [0.25, 0.3) is 0 Å². The fourth-order valence-corrected chi connectivity index (χ4v) is 4.54. The highest BCUT2D eigenvalue weighted by Gasteiger charge is 2.27. The summed E-state index contributed by atoms with van der Waals surface area (Å²) in [6, 6.07) is 20.3. The predicted molar refractivity (Wildman–Crippen MR) is 133 cm³/mol. The van der Waals surface area contributed by atoms with Crippen LogP contribution in [-0.2, 0) is 13.0 Å². The van der Waals surface area contributed by atoms with Gasteiger partial charge < -0.3 is 14.8 Å².